The lowest BCUT2D eigenvalue weighted by molar-refractivity contribution is -0.113. The molecule has 0 spiro atoms. The van der Waals surface area contributed by atoms with E-state index in [1.807, 2.05) is 42.7 Å². The van der Waals surface area contributed by atoms with E-state index in [4.69, 9.17) is 4.74 Å². The van der Waals surface area contributed by atoms with E-state index in [1.165, 1.54) is 23.1 Å². The van der Waals surface area contributed by atoms with Gasteiger partial charge in [-0.1, -0.05) is 36.4 Å². The summed E-state index contributed by atoms with van der Waals surface area (Å²) in [5.41, 5.74) is 2.87. The molecule has 182 valence electrons. The number of amides is 1. The van der Waals surface area contributed by atoms with Gasteiger partial charge >= 0.3 is 0 Å². The lowest BCUT2D eigenvalue weighted by Gasteiger charge is -2.16. The minimum absolute atomic E-state index is 0.163. The third kappa shape index (κ3) is 5.95. The number of aryl methyl sites for hydroxylation is 2. The summed E-state index contributed by atoms with van der Waals surface area (Å²) in [4.78, 5) is 14.0. The second kappa shape index (κ2) is 11.6. The Morgan fingerprint density at radius 2 is 2.20 bits per heavy atom. The molecule has 0 saturated heterocycles. The molecule has 0 aliphatic heterocycles. The van der Waals surface area contributed by atoms with Crippen molar-refractivity contribution in [3.8, 4) is 11.8 Å². The number of carbonyl (C=O) groups excluding carboxylic acids is 1. The zero-order chi connectivity index (χ0) is 24.8. The SMILES string of the molecule is C=CCn1c(SCC(=O)Nc2sc3c(c2C#N)CCCCC3)nnc1C(C)Oc1cccc(C)c1. The van der Waals surface area contributed by atoms with Crippen molar-refractivity contribution < 1.29 is 9.53 Å². The average Bonchev–Trinajstić information content (AvgIpc) is 3.29. The van der Waals surface area contributed by atoms with Crippen LogP contribution in [-0.4, -0.2) is 26.4 Å². The maximum atomic E-state index is 12.8. The Kier molecular flexibility index (Phi) is 8.26. The number of nitrogens with one attached hydrogen (secondary N) is 1. The van der Waals surface area contributed by atoms with Crippen LogP contribution < -0.4 is 10.1 Å². The Hall–Kier alpha value is -3.09. The number of rotatable bonds is 9. The van der Waals surface area contributed by atoms with Crippen LogP contribution in [0.15, 0.2) is 42.1 Å². The van der Waals surface area contributed by atoms with Crippen LogP contribution in [0.4, 0.5) is 5.00 Å². The summed E-state index contributed by atoms with van der Waals surface area (Å²) in [6.45, 7) is 8.30. The van der Waals surface area contributed by atoms with E-state index in [9.17, 15) is 10.1 Å². The van der Waals surface area contributed by atoms with Gasteiger partial charge in [0.25, 0.3) is 0 Å². The number of anilines is 1. The van der Waals surface area contributed by atoms with Gasteiger partial charge in [0.1, 0.15) is 16.8 Å². The Labute approximate surface area is 214 Å². The number of nitriles is 1. The number of thiophene rings is 1. The number of hydrogen-bond acceptors (Lipinski definition) is 7. The molecule has 2 heterocycles. The van der Waals surface area contributed by atoms with E-state index >= 15 is 0 Å². The Balaban J connectivity index is 1.43. The molecule has 2 aromatic heterocycles. The maximum Gasteiger partial charge on any atom is 0.235 e. The van der Waals surface area contributed by atoms with Gasteiger partial charge in [-0.15, -0.1) is 28.1 Å². The number of ether oxygens (including phenoxy) is 1. The van der Waals surface area contributed by atoms with Gasteiger partial charge in [-0.3, -0.25) is 9.36 Å². The summed E-state index contributed by atoms with van der Waals surface area (Å²) in [5, 5.41) is 22.6. The minimum Gasteiger partial charge on any atom is -0.483 e. The van der Waals surface area contributed by atoms with Crippen LogP contribution in [0, 0.1) is 18.3 Å². The Morgan fingerprint density at radius 1 is 1.37 bits per heavy atom. The van der Waals surface area contributed by atoms with Gasteiger partial charge in [-0.05, 0) is 62.8 Å². The third-order valence-electron chi connectivity index (χ3n) is 5.84. The van der Waals surface area contributed by atoms with Crippen molar-refractivity contribution in [2.75, 3.05) is 11.1 Å². The molecule has 9 heteroatoms. The molecule has 1 atom stereocenters. The normalized spacial score (nSPS) is 13.9. The van der Waals surface area contributed by atoms with Crippen LogP contribution in [0.3, 0.4) is 0 Å². The van der Waals surface area contributed by atoms with Crippen molar-refractivity contribution in [2.24, 2.45) is 0 Å². The van der Waals surface area contributed by atoms with E-state index in [1.54, 1.807) is 17.4 Å². The molecule has 0 fully saturated rings. The van der Waals surface area contributed by atoms with Crippen molar-refractivity contribution in [2.45, 2.75) is 63.8 Å². The Morgan fingerprint density at radius 3 is 2.97 bits per heavy atom. The second-order valence-corrected chi connectivity index (χ2v) is 10.6. The molecule has 1 aromatic carbocycles. The maximum absolute atomic E-state index is 12.8. The number of nitrogens with zero attached hydrogens (tertiary/aromatic N) is 4. The third-order valence-corrected chi connectivity index (χ3v) is 8.02. The summed E-state index contributed by atoms with van der Waals surface area (Å²) in [6.07, 6.45) is 6.75. The molecule has 35 heavy (non-hydrogen) atoms. The van der Waals surface area contributed by atoms with Crippen LogP contribution in [0.2, 0.25) is 0 Å². The fraction of sp³-hybridized carbons (Fsp3) is 0.385. The molecule has 1 aliphatic rings. The fourth-order valence-corrected chi connectivity index (χ4v) is 6.21. The number of aromatic nitrogens is 3. The van der Waals surface area contributed by atoms with E-state index in [-0.39, 0.29) is 17.8 Å². The molecule has 1 unspecified atom stereocenters. The molecule has 1 N–H and O–H groups in total. The number of hydrogen-bond donors (Lipinski definition) is 1. The second-order valence-electron chi connectivity index (χ2n) is 8.53. The van der Waals surface area contributed by atoms with Crippen molar-refractivity contribution in [1.82, 2.24) is 14.8 Å². The van der Waals surface area contributed by atoms with Crippen molar-refractivity contribution >= 4 is 34.0 Å². The van der Waals surface area contributed by atoms with Crippen LogP contribution in [-0.2, 0) is 24.2 Å². The molecule has 0 radical (unpaired) electrons. The lowest BCUT2D eigenvalue weighted by atomic mass is 10.1. The summed E-state index contributed by atoms with van der Waals surface area (Å²) in [6, 6.07) is 10.2. The van der Waals surface area contributed by atoms with Crippen LogP contribution in [0.1, 0.15) is 59.7 Å². The van der Waals surface area contributed by atoms with Crippen LogP contribution in [0.5, 0.6) is 5.75 Å². The smallest absolute Gasteiger partial charge is 0.235 e. The predicted octanol–water partition coefficient (Wildman–Crippen LogP) is 5.85. The molecular weight excluding hydrogens is 478 g/mol. The highest BCUT2D eigenvalue weighted by molar-refractivity contribution is 7.99. The molecule has 0 bridgehead atoms. The van der Waals surface area contributed by atoms with Crippen molar-refractivity contribution in [1.29, 1.82) is 5.26 Å². The summed E-state index contributed by atoms with van der Waals surface area (Å²) in [7, 11) is 0. The number of allylic oxidation sites excluding steroid dienone is 1. The van der Waals surface area contributed by atoms with Crippen LogP contribution in [0.25, 0.3) is 0 Å². The average molecular weight is 508 g/mol. The molecule has 7 nitrogen and oxygen atoms in total. The van der Waals surface area contributed by atoms with Gasteiger partial charge < -0.3 is 10.1 Å². The molecule has 3 aromatic rings. The predicted molar refractivity (Wildman–Crippen MR) is 140 cm³/mol. The standard InChI is InChI=1S/C26H29N5O2S2/c1-4-13-31-24(18(3)33-19-10-8-9-17(2)14-19)29-30-26(31)34-16-23(32)28-25-21(15-27)20-11-6-5-7-12-22(20)35-25/h4,8-10,14,18H,1,5-7,11-13,16H2,2-3H3,(H,28,32). The minimum atomic E-state index is -0.327. The fourth-order valence-electron chi connectivity index (χ4n) is 4.20. The number of carbonyl (C=O) groups is 1. The van der Waals surface area contributed by atoms with Gasteiger partial charge in [0, 0.05) is 11.4 Å². The van der Waals surface area contributed by atoms with Gasteiger partial charge in [-0.2, -0.15) is 5.26 Å². The lowest BCUT2D eigenvalue weighted by Crippen LogP contribution is -2.15. The first-order valence-corrected chi connectivity index (χ1v) is 13.5. The van der Waals surface area contributed by atoms with Gasteiger partial charge in [-0.25, -0.2) is 0 Å². The summed E-state index contributed by atoms with van der Waals surface area (Å²) in [5.74, 6) is 1.43. The summed E-state index contributed by atoms with van der Waals surface area (Å²) < 4.78 is 8.00. The number of benzene rings is 1. The van der Waals surface area contributed by atoms with Gasteiger partial charge in [0.2, 0.25) is 5.91 Å². The van der Waals surface area contributed by atoms with Gasteiger partial charge in [0.05, 0.1) is 11.3 Å². The number of thioether (sulfide) groups is 1. The first-order valence-electron chi connectivity index (χ1n) is 11.7. The highest BCUT2D eigenvalue weighted by Gasteiger charge is 2.23. The zero-order valence-corrected chi connectivity index (χ0v) is 21.7. The Bertz CT molecular complexity index is 1260. The molecule has 1 amide bonds. The largest absolute Gasteiger partial charge is 0.483 e. The van der Waals surface area contributed by atoms with E-state index in [0.29, 0.717) is 28.1 Å². The molecule has 4 rings (SSSR count). The van der Waals surface area contributed by atoms with E-state index < -0.39 is 0 Å². The monoisotopic (exact) mass is 507 g/mol. The molecular formula is C26H29N5O2S2. The summed E-state index contributed by atoms with van der Waals surface area (Å²) >= 11 is 2.85. The zero-order valence-electron chi connectivity index (χ0n) is 20.0. The topological polar surface area (TPSA) is 92.8 Å². The quantitative estimate of drug-likeness (QED) is 0.222. The molecule has 0 saturated carbocycles. The van der Waals surface area contributed by atoms with Crippen LogP contribution >= 0.6 is 23.1 Å². The first-order chi connectivity index (χ1) is 17.0. The van der Waals surface area contributed by atoms with Crippen molar-refractivity contribution in [3.05, 3.63) is 64.3 Å². The molecule has 1 aliphatic carbocycles. The van der Waals surface area contributed by atoms with E-state index in [0.717, 1.165) is 42.6 Å². The highest BCUT2D eigenvalue weighted by Crippen LogP contribution is 2.37. The van der Waals surface area contributed by atoms with Gasteiger partial charge in [0.15, 0.2) is 17.1 Å². The first kappa shape index (κ1) is 25.0. The highest BCUT2D eigenvalue weighted by atomic mass is 32.2. The van der Waals surface area contributed by atoms with Crippen molar-refractivity contribution in [3.63, 3.8) is 0 Å². The number of fused-ring (bicyclic) bond motifs is 1. The van der Waals surface area contributed by atoms with E-state index in [2.05, 4.69) is 28.2 Å².